The number of hydrogen-bond acceptors (Lipinski definition) is 7. The lowest BCUT2D eigenvalue weighted by atomic mass is 10.1. The molecule has 0 fully saturated rings. The molecule has 3 aromatic carbocycles. The topological polar surface area (TPSA) is 148 Å². The summed E-state index contributed by atoms with van der Waals surface area (Å²) in [5, 5.41) is 34.3. The Morgan fingerprint density at radius 1 is 1.03 bits per heavy atom. The zero-order valence-corrected chi connectivity index (χ0v) is 18.1. The highest BCUT2D eigenvalue weighted by atomic mass is 16.6. The number of nitro benzene ring substituents is 2. The number of nitro groups is 2. The Bertz CT molecular complexity index is 1360. The molecule has 0 aromatic heterocycles. The first-order valence-electron chi connectivity index (χ1n) is 9.89. The molecule has 0 saturated heterocycles. The molecule has 3 rings (SSSR count). The van der Waals surface area contributed by atoms with Gasteiger partial charge in [0.25, 0.3) is 11.6 Å². The Kier molecular flexibility index (Phi) is 6.98. The minimum Gasteiger partial charge on any atom is -0.450 e. The van der Waals surface area contributed by atoms with Crippen molar-refractivity contribution in [3.63, 3.8) is 0 Å². The van der Waals surface area contributed by atoms with E-state index in [1.54, 1.807) is 18.2 Å². The molecular weight excluding hydrogens is 440 g/mol. The predicted octanol–water partition coefficient (Wildman–Crippen LogP) is 5.46. The van der Waals surface area contributed by atoms with Crippen LogP contribution in [0.2, 0.25) is 0 Å². The molecule has 0 unspecified atom stereocenters. The zero-order chi connectivity index (χ0) is 24.8. The zero-order valence-electron chi connectivity index (χ0n) is 18.1. The minimum absolute atomic E-state index is 0.111. The SMILES string of the molecule is Cc1cccc(NC(=O)/C(C#N)=C/c2ccc(Oc3ccc([N+](=O)[O-])cc3[N+](=O)[O-])cc2)c1C. The third kappa shape index (κ3) is 5.41. The summed E-state index contributed by atoms with van der Waals surface area (Å²) in [5.74, 6) is -0.491. The van der Waals surface area contributed by atoms with Crippen LogP contribution in [-0.4, -0.2) is 15.8 Å². The van der Waals surface area contributed by atoms with E-state index in [-0.39, 0.29) is 17.1 Å². The van der Waals surface area contributed by atoms with Crippen LogP contribution in [0.25, 0.3) is 6.08 Å². The van der Waals surface area contributed by atoms with Gasteiger partial charge in [-0.05, 0) is 60.9 Å². The average Bonchev–Trinajstić information content (AvgIpc) is 2.81. The van der Waals surface area contributed by atoms with E-state index in [4.69, 9.17) is 4.74 Å². The molecule has 170 valence electrons. The second-order valence-corrected chi connectivity index (χ2v) is 7.21. The van der Waals surface area contributed by atoms with Crippen molar-refractivity contribution in [2.75, 3.05) is 5.32 Å². The maximum atomic E-state index is 12.6. The molecule has 0 saturated carbocycles. The van der Waals surface area contributed by atoms with Crippen LogP contribution in [0.5, 0.6) is 11.5 Å². The number of benzene rings is 3. The van der Waals surface area contributed by atoms with Gasteiger partial charge in [-0.25, -0.2) is 0 Å². The predicted molar refractivity (Wildman–Crippen MR) is 124 cm³/mol. The van der Waals surface area contributed by atoms with Crippen LogP contribution in [0.15, 0.2) is 66.2 Å². The van der Waals surface area contributed by atoms with Crippen LogP contribution in [0, 0.1) is 45.4 Å². The summed E-state index contributed by atoms with van der Waals surface area (Å²) in [4.78, 5) is 33.2. The van der Waals surface area contributed by atoms with E-state index >= 15 is 0 Å². The first-order chi connectivity index (χ1) is 16.2. The van der Waals surface area contributed by atoms with Crippen LogP contribution >= 0.6 is 0 Å². The normalized spacial score (nSPS) is 10.8. The first-order valence-corrected chi connectivity index (χ1v) is 9.89. The van der Waals surface area contributed by atoms with Crippen molar-refractivity contribution < 1.29 is 19.4 Å². The summed E-state index contributed by atoms with van der Waals surface area (Å²) in [6.45, 7) is 3.79. The molecule has 0 aliphatic heterocycles. The van der Waals surface area contributed by atoms with Crippen molar-refractivity contribution in [3.8, 4) is 17.6 Å². The molecule has 3 aromatic rings. The van der Waals surface area contributed by atoms with Gasteiger partial charge in [-0.3, -0.25) is 25.0 Å². The van der Waals surface area contributed by atoms with E-state index in [1.807, 2.05) is 32.0 Å². The third-order valence-corrected chi connectivity index (χ3v) is 4.99. The lowest BCUT2D eigenvalue weighted by Gasteiger charge is -2.10. The maximum absolute atomic E-state index is 12.6. The molecule has 0 bridgehead atoms. The highest BCUT2D eigenvalue weighted by molar-refractivity contribution is 6.10. The Morgan fingerprint density at radius 3 is 2.35 bits per heavy atom. The largest absolute Gasteiger partial charge is 0.450 e. The number of non-ortho nitro benzene ring substituents is 1. The molecular formula is C24H18N4O6. The molecule has 0 aliphatic carbocycles. The van der Waals surface area contributed by atoms with Gasteiger partial charge in [0.2, 0.25) is 5.75 Å². The van der Waals surface area contributed by atoms with Crippen molar-refractivity contribution in [3.05, 3.63) is 103 Å². The number of amides is 1. The quantitative estimate of drug-likeness (QED) is 0.214. The van der Waals surface area contributed by atoms with Gasteiger partial charge in [0.15, 0.2) is 0 Å². The van der Waals surface area contributed by atoms with Crippen LogP contribution in [0.3, 0.4) is 0 Å². The van der Waals surface area contributed by atoms with E-state index in [2.05, 4.69) is 5.32 Å². The monoisotopic (exact) mass is 458 g/mol. The average molecular weight is 458 g/mol. The molecule has 10 nitrogen and oxygen atoms in total. The second-order valence-electron chi connectivity index (χ2n) is 7.21. The molecule has 34 heavy (non-hydrogen) atoms. The molecule has 0 atom stereocenters. The Balaban J connectivity index is 1.79. The van der Waals surface area contributed by atoms with Gasteiger partial charge >= 0.3 is 5.69 Å². The van der Waals surface area contributed by atoms with Gasteiger partial charge in [-0.2, -0.15) is 5.26 Å². The van der Waals surface area contributed by atoms with Crippen LogP contribution in [-0.2, 0) is 4.79 Å². The summed E-state index contributed by atoms with van der Waals surface area (Å²) in [6.07, 6.45) is 1.40. The molecule has 0 spiro atoms. The number of nitrogens with zero attached hydrogens (tertiary/aromatic N) is 3. The van der Waals surface area contributed by atoms with E-state index in [9.17, 15) is 30.3 Å². The molecule has 1 N–H and O–H groups in total. The fraction of sp³-hybridized carbons (Fsp3) is 0.0833. The first kappa shape index (κ1) is 23.6. The van der Waals surface area contributed by atoms with Crippen molar-refractivity contribution >= 4 is 29.0 Å². The Labute approximate surface area is 194 Å². The summed E-state index contributed by atoms with van der Waals surface area (Å²) >= 11 is 0. The van der Waals surface area contributed by atoms with E-state index in [0.29, 0.717) is 11.3 Å². The maximum Gasteiger partial charge on any atom is 0.318 e. The molecule has 0 heterocycles. The highest BCUT2D eigenvalue weighted by Crippen LogP contribution is 2.34. The summed E-state index contributed by atoms with van der Waals surface area (Å²) in [7, 11) is 0. The molecule has 10 heteroatoms. The van der Waals surface area contributed by atoms with Crippen molar-refractivity contribution in [1.82, 2.24) is 0 Å². The summed E-state index contributed by atoms with van der Waals surface area (Å²) in [6, 6.07) is 16.5. The summed E-state index contributed by atoms with van der Waals surface area (Å²) < 4.78 is 5.51. The number of aryl methyl sites for hydroxylation is 1. The number of carbonyl (C=O) groups excluding carboxylic acids is 1. The fourth-order valence-corrected chi connectivity index (χ4v) is 3.00. The van der Waals surface area contributed by atoms with Crippen molar-refractivity contribution in [2.24, 2.45) is 0 Å². The number of hydrogen-bond donors (Lipinski definition) is 1. The second kappa shape index (κ2) is 10.1. The Hall–Kier alpha value is -5.04. The number of nitriles is 1. The number of rotatable bonds is 7. The molecule has 0 aliphatic rings. The smallest absolute Gasteiger partial charge is 0.318 e. The van der Waals surface area contributed by atoms with Crippen molar-refractivity contribution in [2.45, 2.75) is 13.8 Å². The van der Waals surface area contributed by atoms with Crippen LogP contribution < -0.4 is 10.1 Å². The standard InChI is InChI=1S/C24H18N4O6/c1-15-4-3-5-21(16(15)2)26-24(29)18(14-25)12-17-6-9-20(10-7-17)34-23-11-8-19(27(30)31)13-22(23)28(32)33/h3-13H,1-2H3,(H,26,29)/b18-12+. The Morgan fingerprint density at radius 2 is 1.74 bits per heavy atom. The van der Waals surface area contributed by atoms with E-state index < -0.39 is 27.1 Å². The number of anilines is 1. The number of carbonyl (C=O) groups is 1. The van der Waals surface area contributed by atoms with Gasteiger partial charge in [0.05, 0.1) is 15.9 Å². The van der Waals surface area contributed by atoms with E-state index in [0.717, 1.165) is 29.3 Å². The van der Waals surface area contributed by atoms with Gasteiger partial charge < -0.3 is 10.1 Å². The highest BCUT2D eigenvalue weighted by Gasteiger charge is 2.21. The molecule has 0 radical (unpaired) electrons. The van der Waals surface area contributed by atoms with Gasteiger partial charge in [-0.1, -0.05) is 24.3 Å². The number of nitrogens with one attached hydrogen (secondary N) is 1. The third-order valence-electron chi connectivity index (χ3n) is 4.99. The van der Waals surface area contributed by atoms with Crippen LogP contribution in [0.1, 0.15) is 16.7 Å². The molecule has 1 amide bonds. The van der Waals surface area contributed by atoms with Gasteiger partial charge in [0, 0.05) is 11.8 Å². The number of ether oxygens (including phenoxy) is 1. The van der Waals surface area contributed by atoms with Crippen LogP contribution in [0.4, 0.5) is 17.1 Å². The minimum atomic E-state index is -0.771. The lowest BCUT2D eigenvalue weighted by molar-refractivity contribution is -0.394. The summed E-state index contributed by atoms with van der Waals surface area (Å²) in [5.41, 5.74) is 1.95. The van der Waals surface area contributed by atoms with Gasteiger partial charge in [0.1, 0.15) is 17.4 Å². The van der Waals surface area contributed by atoms with Crippen molar-refractivity contribution in [1.29, 1.82) is 5.26 Å². The van der Waals surface area contributed by atoms with E-state index in [1.165, 1.54) is 18.2 Å². The fourth-order valence-electron chi connectivity index (χ4n) is 3.00. The lowest BCUT2D eigenvalue weighted by Crippen LogP contribution is -2.14. The van der Waals surface area contributed by atoms with Gasteiger partial charge in [-0.15, -0.1) is 0 Å².